The van der Waals surface area contributed by atoms with Crippen molar-refractivity contribution >= 4 is 54.4 Å². The van der Waals surface area contributed by atoms with Crippen LogP contribution in [0.3, 0.4) is 0 Å². The van der Waals surface area contributed by atoms with Crippen molar-refractivity contribution in [2.24, 2.45) is 11.7 Å². The first-order valence-electron chi connectivity index (χ1n) is 15.4. The van der Waals surface area contributed by atoms with E-state index in [-0.39, 0.29) is 58.3 Å². The minimum absolute atomic E-state index is 0.0924. The minimum Gasteiger partial charge on any atom is -0.468 e. The molecule has 3 atom stereocenters. The summed E-state index contributed by atoms with van der Waals surface area (Å²) < 4.78 is 27.5. The SMILES string of the molecule is COC(=O)[C@H](C)NP(=O)(Oc1ccccc1)N1CCC(NC(=O)c2nn(C(=O)[C@@H](N)C(C)C)cc2CC(=O)c2c(Cl)cccc2Cl)CC1. The lowest BCUT2D eigenvalue weighted by Gasteiger charge is -2.37. The molecule has 4 N–H and O–H groups in total. The molecule has 48 heavy (non-hydrogen) atoms. The molecule has 1 unspecified atom stereocenters. The summed E-state index contributed by atoms with van der Waals surface area (Å²) in [7, 11) is -2.56. The summed E-state index contributed by atoms with van der Waals surface area (Å²) in [5, 5.41) is 10.3. The molecule has 1 amide bonds. The lowest BCUT2D eigenvalue weighted by atomic mass is 10.0. The molecule has 16 heteroatoms. The van der Waals surface area contributed by atoms with Crippen molar-refractivity contribution in [2.45, 2.75) is 58.2 Å². The molecule has 3 aromatic rings. The molecular formula is C32H39Cl2N6O7P. The molecule has 0 radical (unpaired) electrons. The summed E-state index contributed by atoms with van der Waals surface area (Å²) in [6.45, 7) is 5.57. The second kappa shape index (κ2) is 16.2. The van der Waals surface area contributed by atoms with Crippen LogP contribution in [0.1, 0.15) is 64.8 Å². The molecule has 13 nitrogen and oxygen atoms in total. The number of piperidine rings is 1. The van der Waals surface area contributed by atoms with Crippen LogP contribution < -0.4 is 20.7 Å². The number of carbonyl (C=O) groups is 4. The molecule has 0 bridgehead atoms. The Balaban J connectivity index is 1.53. The van der Waals surface area contributed by atoms with E-state index in [2.05, 4.69) is 15.5 Å². The number of methoxy groups -OCH3 is 1. The average molecular weight is 722 g/mol. The second-order valence-corrected chi connectivity index (χ2v) is 14.6. The Labute approximate surface area is 289 Å². The van der Waals surface area contributed by atoms with Crippen LogP contribution in [-0.4, -0.2) is 76.3 Å². The van der Waals surface area contributed by atoms with Gasteiger partial charge in [0.05, 0.1) is 28.8 Å². The van der Waals surface area contributed by atoms with Gasteiger partial charge in [-0.25, -0.2) is 19.0 Å². The number of Topliss-reactive ketones (excluding diaryl/α,β-unsaturated/α-hetero) is 1. The van der Waals surface area contributed by atoms with Crippen LogP contribution in [0, 0.1) is 5.92 Å². The molecular weight excluding hydrogens is 682 g/mol. The summed E-state index contributed by atoms with van der Waals surface area (Å²) in [5.74, 6) is -2.06. The number of ketones is 1. The van der Waals surface area contributed by atoms with Crippen molar-refractivity contribution < 1.29 is 33.0 Å². The topological polar surface area (TPSA) is 175 Å². The van der Waals surface area contributed by atoms with Crippen molar-refractivity contribution in [1.82, 2.24) is 24.9 Å². The van der Waals surface area contributed by atoms with Crippen LogP contribution in [0.5, 0.6) is 5.75 Å². The van der Waals surface area contributed by atoms with Gasteiger partial charge >= 0.3 is 13.6 Å². The van der Waals surface area contributed by atoms with Gasteiger partial charge in [0, 0.05) is 37.3 Å². The van der Waals surface area contributed by atoms with Gasteiger partial charge in [0.15, 0.2) is 11.5 Å². The number of nitrogens with two attached hydrogens (primary N) is 1. The summed E-state index contributed by atoms with van der Waals surface area (Å²) in [6, 6.07) is 11.1. The van der Waals surface area contributed by atoms with Crippen LogP contribution >= 0.6 is 30.9 Å². The van der Waals surface area contributed by atoms with E-state index in [4.69, 9.17) is 38.2 Å². The number of esters is 1. The van der Waals surface area contributed by atoms with Gasteiger partial charge in [-0.05, 0) is 49.9 Å². The third-order valence-corrected chi connectivity index (χ3v) is 10.8. The first kappa shape index (κ1) is 37.2. The smallest absolute Gasteiger partial charge is 0.393 e. The molecule has 0 spiro atoms. The highest BCUT2D eigenvalue weighted by atomic mass is 35.5. The highest BCUT2D eigenvalue weighted by Gasteiger charge is 2.39. The molecule has 258 valence electrons. The van der Waals surface area contributed by atoms with Gasteiger partial charge in [-0.2, -0.15) is 5.10 Å². The summed E-state index contributed by atoms with van der Waals surface area (Å²) in [4.78, 5) is 52.2. The average Bonchev–Trinajstić information content (AvgIpc) is 3.47. The van der Waals surface area contributed by atoms with Gasteiger partial charge in [0.1, 0.15) is 11.8 Å². The van der Waals surface area contributed by atoms with Gasteiger partial charge in [-0.15, -0.1) is 0 Å². The Morgan fingerprint density at radius 3 is 2.23 bits per heavy atom. The third-order valence-electron chi connectivity index (χ3n) is 7.89. The first-order chi connectivity index (χ1) is 22.7. The number of ether oxygens (including phenoxy) is 1. The highest BCUT2D eigenvalue weighted by Crippen LogP contribution is 2.48. The molecule has 1 saturated heterocycles. The summed E-state index contributed by atoms with van der Waals surface area (Å²) >= 11 is 12.5. The maximum Gasteiger partial charge on any atom is 0.393 e. The first-order valence-corrected chi connectivity index (χ1v) is 17.7. The second-order valence-electron chi connectivity index (χ2n) is 11.8. The number of hydrogen-bond acceptors (Lipinski definition) is 9. The number of hydrogen-bond donors (Lipinski definition) is 3. The maximum absolute atomic E-state index is 14.2. The fourth-order valence-corrected chi connectivity index (χ4v) is 7.80. The summed E-state index contributed by atoms with van der Waals surface area (Å²) in [5.41, 5.74) is 6.24. The van der Waals surface area contributed by atoms with E-state index in [1.807, 2.05) is 0 Å². The van der Waals surface area contributed by atoms with E-state index < -0.39 is 43.3 Å². The molecule has 4 rings (SSSR count). The van der Waals surface area contributed by atoms with Crippen LogP contribution in [0.2, 0.25) is 10.0 Å². The Morgan fingerprint density at radius 1 is 1.02 bits per heavy atom. The zero-order valence-electron chi connectivity index (χ0n) is 27.0. The molecule has 0 saturated carbocycles. The number of amides is 1. The minimum atomic E-state index is -3.80. The van der Waals surface area contributed by atoms with E-state index in [0.717, 1.165) is 4.68 Å². The monoisotopic (exact) mass is 720 g/mol. The Kier molecular flexibility index (Phi) is 12.6. The van der Waals surface area contributed by atoms with Crippen LogP contribution in [-0.2, 0) is 20.5 Å². The number of nitrogens with zero attached hydrogens (tertiary/aromatic N) is 3. The number of nitrogens with one attached hydrogen (secondary N) is 2. The van der Waals surface area contributed by atoms with Crippen molar-refractivity contribution in [3.05, 3.63) is 81.6 Å². The van der Waals surface area contributed by atoms with Gasteiger partial charge in [-0.3, -0.25) is 19.2 Å². The van der Waals surface area contributed by atoms with Gasteiger partial charge < -0.3 is 20.3 Å². The zero-order valence-corrected chi connectivity index (χ0v) is 29.4. The van der Waals surface area contributed by atoms with Gasteiger partial charge in [0.2, 0.25) is 0 Å². The molecule has 1 aliphatic heterocycles. The molecule has 2 heterocycles. The molecule has 2 aromatic carbocycles. The van der Waals surface area contributed by atoms with Crippen molar-refractivity contribution in [2.75, 3.05) is 20.2 Å². The fourth-order valence-electron chi connectivity index (χ4n) is 5.10. The van der Waals surface area contributed by atoms with E-state index >= 15 is 0 Å². The largest absolute Gasteiger partial charge is 0.468 e. The van der Waals surface area contributed by atoms with Crippen molar-refractivity contribution in [1.29, 1.82) is 0 Å². The third kappa shape index (κ3) is 8.90. The number of aromatic nitrogens is 2. The standard InChI is InChI=1S/C32H39Cl2N6O7P/c1-19(2)28(35)31(43)40-18-21(17-26(41)27-24(33)11-8-12-25(27)34)29(37-40)30(42)36-22-13-15-39(16-14-22)48(45,38-20(3)32(44)46-4)47-23-9-6-5-7-10-23/h5-12,18-20,22,28H,13-17,35H2,1-4H3,(H,36,42)(H,38,45)/t20-,28-,48?/m0/s1. The predicted molar refractivity (Wildman–Crippen MR) is 182 cm³/mol. The predicted octanol–water partition coefficient (Wildman–Crippen LogP) is 4.77. The zero-order chi connectivity index (χ0) is 35.2. The molecule has 1 aromatic heterocycles. The van der Waals surface area contributed by atoms with Gasteiger partial charge in [-0.1, -0.05) is 61.3 Å². The van der Waals surface area contributed by atoms with Crippen molar-refractivity contribution in [3.63, 3.8) is 0 Å². The van der Waals surface area contributed by atoms with E-state index in [9.17, 15) is 23.7 Å². The molecule has 0 aliphatic carbocycles. The van der Waals surface area contributed by atoms with Crippen molar-refractivity contribution in [3.8, 4) is 5.75 Å². The lowest BCUT2D eigenvalue weighted by molar-refractivity contribution is -0.142. The quantitative estimate of drug-likeness (QED) is 0.126. The Bertz CT molecular complexity index is 1670. The van der Waals surface area contributed by atoms with E-state index in [0.29, 0.717) is 18.6 Å². The molecule has 1 fully saturated rings. The normalized spacial score (nSPS) is 16.5. The maximum atomic E-state index is 14.2. The number of halogens is 2. The van der Waals surface area contributed by atoms with Gasteiger partial charge in [0.25, 0.3) is 11.8 Å². The van der Waals surface area contributed by atoms with Crippen LogP contribution in [0.15, 0.2) is 54.7 Å². The Hall–Kier alpha value is -3.58. The number of rotatable bonds is 13. The van der Waals surface area contributed by atoms with E-state index in [1.54, 1.807) is 54.9 Å². The van der Waals surface area contributed by atoms with Crippen LogP contribution in [0.25, 0.3) is 0 Å². The molecule has 1 aliphatic rings. The highest BCUT2D eigenvalue weighted by molar-refractivity contribution is 7.54. The number of benzene rings is 2. The lowest BCUT2D eigenvalue weighted by Crippen LogP contribution is -2.47. The van der Waals surface area contributed by atoms with Crippen LogP contribution in [0.4, 0.5) is 0 Å². The number of carbonyl (C=O) groups excluding carboxylic acids is 4. The fraction of sp³-hybridized carbons (Fsp3) is 0.406. The number of para-hydroxylation sites is 1. The Morgan fingerprint density at radius 2 is 1.65 bits per heavy atom. The van der Waals surface area contributed by atoms with E-state index in [1.165, 1.54) is 32.4 Å². The summed E-state index contributed by atoms with van der Waals surface area (Å²) in [6.07, 6.45) is 1.75.